The van der Waals surface area contributed by atoms with Gasteiger partial charge in [-0.2, -0.15) is 4.58 Å². The largest absolute Gasteiger partial charge is 0.372 e. The molecule has 0 aliphatic carbocycles. The summed E-state index contributed by atoms with van der Waals surface area (Å²) in [6.07, 6.45) is 5.33. The van der Waals surface area contributed by atoms with Crippen molar-refractivity contribution in [2.75, 3.05) is 25.0 Å². The molecule has 0 bridgehead atoms. The van der Waals surface area contributed by atoms with Gasteiger partial charge in [0, 0.05) is 36.5 Å². The number of anilines is 1. The summed E-state index contributed by atoms with van der Waals surface area (Å²) >= 11 is 0. The second kappa shape index (κ2) is 7.90. The van der Waals surface area contributed by atoms with E-state index in [1.807, 2.05) is 6.07 Å². The van der Waals surface area contributed by atoms with Crippen molar-refractivity contribution in [3.63, 3.8) is 0 Å². The fraction of sp³-hybridized carbons (Fsp3) is 0.400. The molecule has 1 unspecified atom stereocenters. The van der Waals surface area contributed by atoms with Gasteiger partial charge in [0.15, 0.2) is 5.71 Å². The van der Waals surface area contributed by atoms with Crippen LogP contribution in [0.2, 0.25) is 0 Å². The van der Waals surface area contributed by atoms with Crippen LogP contribution in [0.3, 0.4) is 0 Å². The van der Waals surface area contributed by atoms with E-state index >= 15 is 0 Å². The molecule has 2 aromatic carbocycles. The predicted molar refractivity (Wildman–Crippen MR) is 119 cm³/mol. The molecular formula is C25H32FN2+. The van der Waals surface area contributed by atoms with Crippen LogP contribution in [-0.4, -0.2) is 30.4 Å². The van der Waals surface area contributed by atoms with Gasteiger partial charge < -0.3 is 4.90 Å². The maximum atomic E-state index is 13.9. The summed E-state index contributed by atoms with van der Waals surface area (Å²) in [6, 6.07) is 11.8. The van der Waals surface area contributed by atoms with Gasteiger partial charge in [-0.05, 0) is 75.6 Å². The van der Waals surface area contributed by atoms with Crippen molar-refractivity contribution in [1.82, 2.24) is 0 Å². The zero-order valence-corrected chi connectivity index (χ0v) is 18.0. The minimum absolute atomic E-state index is 0.167. The molecule has 0 N–H and O–H groups in total. The highest BCUT2D eigenvalue weighted by molar-refractivity contribution is 6.05. The van der Waals surface area contributed by atoms with Crippen molar-refractivity contribution in [2.45, 2.75) is 46.5 Å². The van der Waals surface area contributed by atoms with E-state index in [-0.39, 0.29) is 11.2 Å². The van der Waals surface area contributed by atoms with Crippen molar-refractivity contribution in [3.8, 4) is 0 Å². The molecule has 1 atom stereocenters. The van der Waals surface area contributed by atoms with Crippen LogP contribution < -0.4 is 4.90 Å². The Bertz CT molecular complexity index is 938. The number of hydrogen-bond acceptors (Lipinski definition) is 1. The van der Waals surface area contributed by atoms with Crippen molar-refractivity contribution in [3.05, 3.63) is 65.0 Å². The summed E-state index contributed by atoms with van der Waals surface area (Å²) in [4.78, 5) is 2.36. The Kier molecular flexibility index (Phi) is 5.74. The SMILES string of the molecule is CCN(CC)c1ccc(/C=C/C2=[N+](C)c3ccc(F)cc3C2(C)CC)c(C)c1. The van der Waals surface area contributed by atoms with E-state index in [0.29, 0.717) is 0 Å². The van der Waals surface area contributed by atoms with Gasteiger partial charge in [0.05, 0.1) is 5.41 Å². The van der Waals surface area contributed by atoms with Gasteiger partial charge in [0.1, 0.15) is 12.9 Å². The van der Waals surface area contributed by atoms with E-state index in [2.05, 4.69) is 81.5 Å². The molecule has 1 heterocycles. The number of benzene rings is 2. The van der Waals surface area contributed by atoms with Crippen LogP contribution in [0.5, 0.6) is 0 Å². The molecule has 1 aliphatic rings. The number of allylic oxidation sites excluding steroid dienone is 1. The van der Waals surface area contributed by atoms with E-state index in [4.69, 9.17) is 0 Å². The van der Waals surface area contributed by atoms with E-state index < -0.39 is 0 Å². The zero-order chi connectivity index (χ0) is 20.5. The predicted octanol–water partition coefficient (Wildman–Crippen LogP) is 6.09. The molecule has 0 saturated carbocycles. The monoisotopic (exact) mass is 379 g/mol. The van der Waals surface area contributed by atoms with Gasteiger partial charge in [-0.15, -0.1) is 0 Å². The van der Waals surface area contributed by atoms with Gasteiger partial charge in [0.2, 0.25) is 5.69 Å². The first-order valence-electron chi connectivity index (χ1n) is 10.3. The zero-order valence-electron chi connectivity index (χ0n) is 18.0. The highest BCUT2D eigenvalue weighted by Crippen LogP contribution is 2.42. The van der Waals surface area contributed by atoms with Gasteiger partial charge in [0.25, 0.3) is 0 Å². The summed E-state index contributed by atoms with van der Waals surface area (Å²) < 4.78 is 16.1. The fourth-order valence-corrected chi connectivity index (χ4v) is 4.35. The molecule has 0 radical (unpaired) electrons. The number of hydrogen-bond donors (Lipinski definition) is 0. The van der Waals surface area contributed by atoms with Crippen molar-refractivity contribution >= 4 is 23.2 Å². The third-order valence-electron chi connectivity index (χ3n) is 6.35. The standard InChI is InChI=1S/C25H32FN2/c1-7-25(5)22-17-20(26)12-14-23(22)27(6)24(25)15-11-19-10-13-21(16-18(19)4)28(8-2)9-3/h10-17H,7-9H2,1-6H3/q+1. The number of fused-ring (bicyclic) bond motifs is 1. The molecule has 3 heteroatoms. The Morgan fingerprint density at radius 3 is 2.36 bits per heavy atom. The van der Waals surface area contributed by atoms with Crippen LogP contribution in [0.1, 0.15) is 50.8 Å². The first kappa shape index (κ1) is 20.3. The molecular weight excluding hydrogens is 347 g/mol. The number of nitrogens with zero attached hydrogens (tertiary/aromatic N) is 2. The lowest BCUT2D eigenvalue weighted by Crippen LogP contribution is -2.29. The van der Waals surface area contributed by atoms with Crippen LogP contribution in [0, 0.1) is 12.7 Å². The summed E-state index contributed by atoms with van der Waals surface area (Å²) in [5.74, 6) is -0.167. The molecule has 0 spiro atoms. The van der Waals surface area contributed by atoms with Crippen molar-refractivity contribution < 1.29 is 8.97 Å². The Labute approximate surface area is 169 Å². The number of rotatable bonds is 6. The summed E-state index contributed by atoms with van der Waals surface area (Å²) in [7, 11) is 2.08. The van der Waals surface area contributed by atoms with Gasteiger partial charge in [-0.1, -0.05) is 13.0 Å². The van der Waals surface area contributed by atoms with E-state index in [9.17, 15) is 4.39 Å². The smallest absolute Gasteiger partial charge is 0.209 e. The van der Waals surface area contributed by atoms with E-state index in [0.717, 1.165) is 30.8 Å². The van der Waals surface area contributed by atoms with Gasteiger partial charge >= 0.3 is 0 Å². The molecule has 0 amide bonds. The normalized spacial score (nSPS) is 18.8. The molecule has 3 rings (SSSR count). The second-order valence-electron chi connectivity index (χ2n) is 7.84. The van der Waals surface area contributed by atoms with Crippen LogP contribution in [0.4, 0.5) is 15.8 Å². The first-order valence-corrected chi connectivity index (χ1v) is 10.3. The molecule has 2 nitrogen and oxygen atoms in total. The fourth-order valence-electron chi connectivity index (χ4n) is 4.35. The van der Waals surface area contributed by atoms with Crippen LogP contribution >= 0.6 is 0 Å². The minimum Gasteiger partial charge on any atom is -0.372 e. The molecule has 0 aromatic heterocycles. The summed E-state index contributed by atoms with van der Waals surface area (Å²) in [5.41, 5.74) is 6.96. The maximum absolute atomic E-state index is 13.9. The average molecular weight is 380 g/mol. The highest BCUT2D eigenvalue weighted by atomic mass is 19.1. The molecule has 148 valence electrons. The Hall–Kier alpha value is -2.42. The molecule has 0 fully saturated rings. The Balaban J connectivity index is 1.97. The van der Waals surface area contributed by atoms with Gasteiger partial charge in [-0.25, -0.2) is 4.39 Å². The molecule has 1 aliphatic heterocycles. The van der Waals surface area contributed by atoms with E-state index in [1.54, 1.807) is 12.1 Å². The van der Waals surface area contributed by atoms with Gasteiger partial charge in [-0.3, -0.25) is 0 Å². The van der Waals surface area contributed by atoms with Crippen LogP contribution in [0.15, 0.2) is 42.5 Å². The second-order valence-corrected chi connectivity index (χ2v) is 7.84. The number of aryl methyl sites for hydroxylation is 1. The van der Waals surface area contributed by atoms with Crippen molar-refractivity contribution in [1.29, 1.82) is 0 Å². The lowest BCUT2D eigenvalue weighted by Gasteiger charge is -2.22. The lowest BCUT2D eigenvalue weighted by molar-refractivity contribution is -0.401. The third-order valence-corrected chi connectivity index (χ3v) is 6.35. The first-order chi connectivity index (χ1) is 13.3. The third kappa shape index (κ3) is 3.39. The minimum atomic E-state index is -0.183. The average Bonchev–Trinajstić information content (AvgIpc) is 2.89. The number of halogens is 1. The maximum Gasteiger partial charge on any atom is 0.209 e. The molecule has 0 saturated heterocycles. The molecule has 2 aromatic rings. The molecule has 28 heavy (non-hydrogen) atoms. The lowest BCUT2D eigenvalue weighted by atomic mass is 9.77. The summed E-state index contributed by atoms with van der Waals surface area (Å²) in [5, 5.41) is 0. The van der Waals surface area contributed by atoms with Crippen molar-refractivity contribution in [2.24, 2.45) is 0 Å². The summed E-state index contributed by atoms with van der Waals surface area (Å²) in [6.45, 7) is 12.9. The Morgan fingerprint density at radius 1 is 1.04 bits per heavy atom. The highest BCUT2D eigenvalue weighted by Gasteiger charge is 2.45. The quantitative estimate of drug-likeness (QED) is 0.551. The van der Waals surface area contributed by atoms with Crippen LogP contribution in [0.25, 0.3) is 6.08 Å². The topological polar surface area (TPSA) is 6.25 Å². The van der Waals surface area contributed by atoms with Crippen LogP contribution in [-0.2, 0) is 5.41 Å². The van der Waals surface area contributed by atoms with E-state index in [1.165, 1.54) is 22.5 Å². The Morgan fingerprint density at radius 2 is 1.75 bits per heavy atom.